The zero-order valence-corrected chi connectivity index (χ0v) is 16.8. The number of carbonyl (C=O) groups is 1. The molecule has 0 unspecified atom stereocenters. The summed E-state index contributed by atoms with van der Waals surface area (Å²) in [5.41, 5.74) is 3.65. The second kappa shape index (κ2) is 8.69. The summed E-state index contributed by atoms with van der Waals surface area (Å²) in [7, 11) is 0. The van der Waals surface area contributed by atoms with Gasteiger partial charge in [0, 0.05) is 17.7 Å². The molecule has 0 aliphatic carbocycles. The number of aryl methyl sites for hydroxylation is 1. The van der Waals surface area contributed by atoms with E-state index in [1.54, 1.807) is 4.68 Å². The molecular formula is C22H26N4O2. The number of nitrogens with one attached hydrogen (secondary N) is 1. The Morgan fingerprint density at radius 3 is 2.61 bits per heavy atom. The molecule has 0 fully saturated rings. The molecule has 6 nitrogen and oxygen atoms in total. The summed E-state index contributed by atoms with van der Waals surface area (Å²) >= 11 is 0. The van der Waals surface area contributed by atoms with Crippen molar-refractivity contribution in [3.63, 3.8) is 0 Å². The monoisotopic (exact) mass is 378 g/mol. The molecule has 0 aliphatic heterocycles. The molecule has 146 valence electrons. The molecule has 0 spiro atoms. The highest BCUT2D eigenvalue weighted by Gasteiger charge is 2.15. The number of amides is 1. The van der Waals surface area contributed by atoms with Crippen LogP contribution in [-0.2, 0) is 4.79 Å². The van der Waals surface area contributed by atoms with Crippen LogP contribution >= 0.6 is 0 Å². The standard InChI is InChI=1S/C22H26N4O2/c1-5-28-22-24-21(17-11-9-16(4)10-12-17)26(25-22)19-8-6-7-18(14-19)23-20(27)13-15(2)3/h6-12,14-15H,5,13H2,1-4H3,(H,23,27). The molecular weight excluding hydrogens is 352 g/mol. The Kier molecular flexibility index (Phi) is 6.09. The Balaban J connectivity index is 1.97. The molecule has 0 saturated heterocycles. The van der Waals surface area contributed by atoms with Gasteiger partial charge < -0.3 is 10.1 Å². The van der Waals surface area contributed by atoms with Crippen LogP contribution in [0.5, 0.6) is 6.01 Å². The molecule has 3 rings (SSSR count). The Labute approximate surface area is 165 Å². The summed E-state index contributed by atoms with van der Waals surface area (Å²) in [6.45, 7) is 8.48. The minimum atomic E-state index is -0.000460. The third-order valence-corrected chi connectivity index (χ3v) is 4.14. The molecule has 0 radical (unpaired) electrons. The highest BCUT2D eigenvalue weighted by molar-refractivity contribution is 5.91. The Morgan fingerprint density at radius 2 is 1.93 bits per heavy atom. The topological polar surface area (TPSA) is 69.0 Å². The van der Waals surface area contributed by atoms with Gasteiger partial charge in [-0.3, -0.25) is 4.79 Å². The molecule has 0 atom stereocenters. The van der Waals surface area contributed by atoms with Crippen LogP contribution < -0.4 is 10.1 Å². The Morgan fingerprint density at radius 1 is 1.18 bits per heavy atom. The number of rotatable bonds is 7. The lowest BCUT2D eigenvalue weighted by Crippen LogP contribution is -2.14. The number of benzene rings is 2. The fourth-order valence-electron chi connectivity index (χ4n) is 2.85. The van der Waals surface area contributed by atoms with Gasteiger partial charge in [0.05, 0.1) is 12.3 Å². The molecule has 6 heteroatoms. The fraction of sp³-hybridized carbons (Fsp3) is 0.318. The van der Waals surface area contributed by atoms with E-state index >= 15 is 0 Å². The maximum Gasteiger partial charge on any atom is 0.336 e. The van der Waals surface area contributed by atoms with Crippen molar-refractivity contribution < 1.29 is 9.53 Å². The van der Waals surface area contributed by atoms with Crippen LogP contribution in [0.15, 0.2) is 48.5 Å². The van der Waals surface area contributed by atoms with E-state index in [9.17, 15) is 4.79 Å². The first-order valence-electron chi connectivity index (χ1n) is 9.53. The molecule has 3 aromatic rings. The lowest BCUT2D eigenvalue weighted by atomic mass is 10.1. The van der Waals surface area contributed by atoms with Crippen molar-refractivity contribution in [1.82, 2.24) is 14.8 Å². The molecule has 0 aliphatic rings. The minimum Gasteiger partial charge on any atom is -0.463 e. The highest BCUT2D eigenvalue weighted by atomic mass is 16.5. The fourth-order valence-corrected chi connectivity index (χ4v) is 2.85. The van der Waals surface area contributed by atoms with Crippen molar-refractivity contribution in [2.75, 3.05) is 11.9 Å². The summed E-state index contributed by atoms with van der Waals surface area (Å²) in [6, 6.07) is 16.0. The molecule has 0 bridgehead atoms. The first-order chi connectivity index (χ1) is 13.5. The molecule has 1 heterocycles. The van der Waals surface area contributed by atoms with Gasteiger partial charge in [-0.15, -0.1) is 5.10 Å². The number of anilines is 1. The first-order valence-corrected chi connectivity index (χ1v) is 9.53. The van der Waals surface area contributed by atoms with Gasteiger partial charge >= 0.3 is 6.01 Å². The van der Waals surface area contributed by atoms with Gasteiger partial charge in [0.2, 0.25) is 5.91 Å². The molecule has 0 saturated carbocycles. The maximum atomic E-state index is 12.1. The van der Waals surface area contributed by atoms with Crippen LogP contribution in [0, 0.1) is 12.8 Å². The third-order valence-electron chi connectivity index (χ3n) is 4.14. The number of hydrogen-bond donors (Lipinski definition) is 1. The van der Waals surface area contributed by atoms with E-state index in [4.69, 9.17) is 4.74 Å². The average molecular weight is 378 g/mol. The van der Waals surface area contributed by atoms with E-state index in [-0.39, 0.29) is 5.91 Å². The van der Waals surface area contributed by atoms with Crippen molar-refractivity contribution >= 4 is 11.6 Å². The highest BCUT2D eigenvalue weighted by Crippen LogP contribution is 2.25. The molecule has 1 aromatic heterocycles. The molecule has 1 amide bonds. The summed E-state index contributed by atoms with van der Waals surface area (Å²) in [5, 5.41) is 7.46. The van der Waals surface area contributed by atoms with Crippen LogP contribution in [0.4, 0.5) is 5.69 Å². The third kappa shape index (κ3) is 4.76. The quantitative estimate of drug-likeness (QED) is 0.651. The van der Waals surface area contributed by atoms with Crippen LogP contribution in [0.3, 0.4) is 0 Å². The zero-order chi connectivity index (χ0) is 20.1. The summed E-state index contributed by atoms with van der Waals surface area (Å²) in [5.74, 6) is 0.994. The Bertz CT molecular complexity index is 945. The van der Waals surface area contributed by atoms with Crippen molar-refractivity contribution in [2.45, 2.75) is 34.1 Å². The minimum absolute atomic E-state index is 0.000460. The van der Waals surface area contributed by atoms with Crippen LogP contribution in [0.25, 0.3) is 17.1 Å². The number of carbonyl (C=O) groups excluding carboxylic acids is 1. The second-order valence-electron chi connectivity index (χ2n) is 7.13. The smallest absolute Gasteiger partial charge is 0.336 e. The van der Waals surface area contributed by atoms with E-state index in [2.05, 4.69) is 15.4 Å². The Hall–Kier alpha value is -3.15. The van der Waals surface area contributed by atoms with E-state index in [0.29, 0.717) is 30.8 Å². The molecule has 28 heavy (non-hydrogen) atoms. The molecule has 1 N–H and O–H groups in total. The number of ether oxygens (including phenoxy) is 1. The second-order valence-corrected chi connectivity index (χ2v) is 7.13. The summed E-state index contributed by atoms with van der Waals surface area (Å²) < 4.78 is 7.26. The SMILES string of the molecule is CCOc1nc(-c2ccc(C)cc2)n(-c2cccc(NC(=O)CC(C)C)c2)n1. The van der Waals surface area contributed by atoms with Crippen molar-refractivity contribution in [1.29, 1.82) is 0 Å². The summed E-state index contributed by atoms with van der Waals surface area (Å²) in [6.07, 6.45) is 0.483. The van der Waals surface area contributed by atoms with Crippen LogP contribution in [0.1, 0.15) is 32.8 Å². The predicted molar refractivity (Wildman–Crippen MR) is 111 cm³/mol. The number of nitrogens with zero attached hydrogens (tertiary/aromatic N) is 3. The average Bonchev–Trinajstić information content (AvgIpc) is 3.06. The lowest BCUT2D eigenvalue weighted by molar-refractivity contribution is -0.116. The van der Waals surface area contributed by atoms with E-state index in [1.807, 2.05) is 76.2 Å². The molecule has 2 aromatic carbocycles. The van der Waals surface area contributed by atoms with E-state index in [1.165, 1.54) is 5.56 Å². The number of hydrogen-bond acceptors (Lipinski definition) is 4. The maximum absolute atomic E-state index is 12.1. The van der Waals surface area contributed by atoms with Crippen molar-refractivity contribution in [3.05, 3.63) is 54.1 Å². The predicted octanol–water partition coefficient (Wildman–Crippen LogP) is 4.63. The van der Waals surface area contributed by atoms with Crippen LogP contribution in [0.2, 0.25) is 0 Å². The van der Waals surface area contributed by atoms with Gasteiger partial charge in [-0.2, -0.15) is 4.98 Å². The van der Waals surface area contributed by atoms with Gasteiger partial charge in [0.25, 0.3) is 0 Å². The lowest BCUT2D eigenvalue weighted by Gasteiger charge is -2.10. The van der Waals surface area contributed by atoms with E-state index < -0.39 is 0 Å². The summed E-state index contributed by atoms with van der Waals surface area (Å²) in [4.78, 5) is 16.7. The van der Waals surface area contributed by atoms with Crippen molar-refractivity contribution in [2.24, 2.45) is 5.92 Å². The van der Waals surface area contributed by atoms with Gasteiger partial charge in [-0.1, -0.05) is 49.7 Å². The van der Waals surface area contributed by atoms with Gasteiger partial charge in [0.15, 0.2) is 5.82 Å². The van der Waals surface area contributed by atoms with E-state index in [0.717, 1.165) is 16.9 Å². The van der Waals surface area contributed by atoms with Gasteiger partial charge in [0.1, 0.15) is 0 Å². The van der Waals surface area contributed by atoms with Crippen LogP contribution in [-0.4, -0.2) is 27.3 Å². The van der Waals surface area contributed by atoms with Gasteiger partial charge in [-0.05, 0) is 38.0 Å². The van der Waals surface area contributed by atoms with Gasteiger partial charge in [-0.25, -0.2) is 4.68 Å². The first kappa shape index (κ1) is 19.6. The number of aromatic nitrogens is 3. The largest absolute Gasteiger partial charge is 0.463 e. The normalized spacial score (nSPS) is 10.9. The zero-order valence-electron chi connectivity index (χ0n) is 16.8. The van der Waals surface area contributed by atoms with Crippen molar-refractivity contribution in [3.8, 4) is 23.1 Å².